The topological polar surface area (TPSA) is 106 Å². The number of rotatable bonds is 8. The minimum Gasteiger partial charge on any atom is -0.225 e. The number of hydrogen-bond donors (Lipinski definition) is 2. The zero-order valence-electron chi connectivity index (χ0n) is 13.1. The molecule has 0 saturated heterocycles. The van der Waals surface area contributed by atoms with Gasteiger partial charge in [0.2, 0.25) is 20.0 Å². The lowest BCUT2D eigenvalue weighted by Crippen LogP contribution is -2.32. The Hall–Kier alpha value is -0.960. The Balaban J connectivity index is 2.74. The van der Waals surface area contributed by atoms with Crippen LogP contribution in [-0.4, -0.2) is 22.9 Å². The van der Waals surface area contributed by atoms with Gasteiger partial charge in [0.25, 0.3) is 0 Å². The van der Waals surface area contributed by atoms with Crippen molar-refractivity contribution in [1.82, 2.24) is 4.72 Å². The number of hydrogen-bond acceptors (Lipinski definition) is 4. The van der Waals surface area contributed by atoms with Crippen LogP contribution in [0.3, 0.4) is 0 Å². The predicted molar refractivity (Wildman–Crippen MR) is 86.3 cm³/mol. The molecule has 0 aromatic heterocycles. The molecule has 0 amide bonds. The molecule has 0 spiro atoms. The maximum absolute atomic E-state index is 12.2. The van der Waals surface area contributed by atoms with Crippen molar-refractivity contribution in [1.29, 1.82) is 0 Å². The van der Waals surface area contributed by atoms with E-state index in [1.165, 1.54) is 24.3 Å². The molecule has 0 radical (unpaired) electrons. The summed E-state index contributed by atoms with van der Waals surface area (Å²) in [4.78, 5) is -0.0907. The third-order valence-electron chi connectivity index (χ3n) is 3.24. The average Bonchev–Trinajstić information content (AvgIpc) is 2.36. The molecule has 0 heterocycles. The molecule has 22 heavy (non-hydrogen) atoms. The van der Waals surface area contributed by atoms with E-state index in [9.17, 15) is 16.8 Å². The quantitative estimate of drug-likeness (QED) is 0.747. The van der Waals surface area contributed by atoms with E-state index < -0.39 is 20.0 Å². The number of nitrogens with two attached hydrogens (primary N) is 1. The van der Waals surface area contributed by atoms with Crippen molar-refractivity contribution in [2.45, 2.75) is 55.9 Å². The number of nitrogens with one attached hydrogen (secondary N) is 1. The zero-order chi connectivity index (χ0) is 17.0. The molecule has 1 aromatic carbocycles. The standard InChI is InChI=1S/C14H24N2O4S2/c1-11(2)5-4-6-12(3)16-22(19,20)14-9-7-13(8-10-14)21(15,17)18/h7-12,16H,4-6H2,1-3H3,(H2,15,17,18)/t12-/m1/s1. The molecule has 0 aliphatic carbocycles. The highest BCUT2D eigenvalue weighted by molar-refractivity contribution is 7.89. The summed E-state index contributed by atoms with van der Waals surface area (Å²) in [6.07, 6.45) is 2.76. The van der Waals surface area contributed by atoms with Gasteiger partial charge in [-0.05, 0) is 43.5 Å². The number of sulfonamides is 2. The number of primary sulfonamides is 1. The van der Waals surface area contributed by atoms with Crippen LogP contribution in [0.25, 0.3) is 0 Å². The molecule has 1 rings (SSSR count). The van der Waals surface area contributed by atoms with E-state index in [1.807, 2.05) is 6.92 Å². The second-order valence-electron chi connectivity index (χ2n) is 5.86. The van der Waals surface area contributed by atoms with E-state index in [1.54, 1.807) is 0 Å². The normalized spacial score (nSPS) is 14.2. The number of benzene rings is 1. The molecule has 0 fully saturated rings. The van der Waals surface area contributed by atoms with Crippen LogP contribution in [0.5, 0.6) is 0 Å². The first kappa shape index (κ1) is 19.1. The van der Waals surface area contributed by atoms with Crippen LogP contribution in [0.15, 0.2) is 34.1 Å². The maximum atomic E-state index is 12.2. The van der Waals surface area contributed by atoms with Crippen LogP contribution in [0, 0.1) is 5.92 Å². The van der Waals surface area contributed by atoms with Gasteiger partial charge in [0.1, 0.15) is 0 Å². The summed E-state index contributed by atoms with van der Waals surface area (Å²) < 4.78 is 49.3. The monoisotopic (exact) mass is 348 g/mol. The molecule has 126 valence electrons. The first-order valence-corrected chi connectivity index (χ1v) is 10.2. The van der Waals surface area contributed by atoms with Crippen molar-refractivity contribution in [2.24, 2.45) is 11.1 Å². The smallest absolute Gasteiger partial charge is 0.225 e. The molecule has 0 saturated carbocycles. The summed E-state index contributed by atoms with van der Waals surface area (Å²) in [5.41, 5.74) is 0. The Morgan fingerprint density at radius 1 is 0.955 bits per heavy atom. The molecule has 0 aliphatic rings. The van der Waals surface area contributed by atoms with Crippen LogP contribution >= 0.6 is 0 Å². The van der Waals surface area contributed by atoms with Crippen LogP contribution in [0.1, 0.15) is 40.0 Å². The van der Waals surface area contributed by atoms with Crippen LogP contribution in [-0.2, 0) is 20.0 Å². The fourth-order valence-corrected chi connectivity index (χ4v) is 3.83. The lowest BCUT2D eigenvalue weighted by atomic mass is 10.0. The van der Waals surface area contributed by atoms with Crippen molar-refractivity contribution in [3.8, 4) is 0 Å². The Morgan fingerprint density at radius 3 is 1.91 bits per heavy atom. The van der Waals surface area contributed by atoms with Gasteiger partial charge in [-0.25, -0.2) is 26.7 Å². The minimum absolute atomic E-state index is 0.0237. The van der Waals surface area contributed by atoms with E-state index in [4.69, 9.17) is 5.14 Å². The molecule has 8 heteroatoms. The SMILES string of the molecule is CC(C)CCC[C@@H](C)NS(=O)(=O)c1ccc(S(N)(=O)=O)cc1. The van der Waals surface area contributed by atoms with Gasteiger partial charge in [-0.15, -0.1) is 0 Å². The highest BCUT2D eigenvalue weighted by atomic mass is 32.2. The first-order valence-electron chi connectivity index (χ1n) is 7.17. The van der Waals surface area contributed by atoms with E-state index in [0.717, 1.165) is 19.3 Å². The van der Waals surface area contributed by atoms with Gasteiger partial charge in [-0.1, -0.05) is 26.7 Å². The molecule has 3 N–H and O–H groups in total. The van der Waals surface area contributed by atoms with Gasteiger partial charge >= 0.3 is 0 Å². The minimum atomic E-state index is -3.82. The van der Waals surface area contributed by atoms with Crippen molar-refractivity contribution < 1.29 is 16.8 Å². The predicted octanol–water partition coefficient (Wildman–Crippen LogP) is 1.83. The first-order chi connectivity index (χ1) is 10.0. The Bertz CT molecular complexity index is 680. The molecular formula is C14H24N2O4S2. The summed E-state index contributed by atoms with van der Waals surface area (Å²) in [7, 11) is -7.48. The molecule has 0 bridgehead atoms. The molecular weight excluding hydrogens is 324 g/mol. The van der Waals surface area contributed by atoms with Crippen molar-refractivity contribution in [2.75, 3.05) is 0 Å². The second kappa shape index (κ2) is 7.54. The van der Waals surface area contributed by atoms with Crippen LogP contribution < -0.4 is 9.86 Å². The Labute approximate surface area is 133 Å². The van der Waals surface area contributed by atoms with Gasteiger partial charge in [-0.2, -0.15) is 0 Å². The van der Waals surface area contributed by atoms with E-state index in [-0.39, 0.29) is 15.8 Å². The molecule has 0 aliphatic heterocycles. The molecule has 1 atom stereocenters. The lowest BCUT2D eigenvalue weighted by Gasteiger charge is -2.15. The van der Waals surface area contributed by atoms with Crippen molar-refractivity contribution in [3.63, 3.8) is 0 Å². The molecule has 6 nitrogen and oxygen atoms in total. The highest BCUT2D eigenvalue weighted by Gasteiger charge is 2.18. The van der Waals surface area contributed by atoms with E-state index in [0.29, 0.717) is 5.92 Å². The van der Waals surface area contributed by atoms with Gasteiger partial charge in [0.15, 0.2) is 0 Å². The highest BCUT2D eigenvalue weighted by Crippen LogP contribution is 2.15. The average molecular weight is 348 g/mol. The molecule has 0 unspecified atom stereocenters. The maximum Gasteiger partial charge on any atom is 0.240 e. The third kappa shape index (κ3) is 6.04. The van der Waals surface area contributed by atoms with Gasteiger partial charge in [0, 0.05) is 6.04 Å². The van der Waals surface area contributed by atoms with E-state index >= 15 is 0 Å². The van der Waals surface area contributed by atoms with Crippen molar-refractivity contribution >= 4 is 20.0 Å². The molecule has 1 aromatic rings. The van der Waals surface area contributed by atoms with Gasteiger partial charge in [-0.3, -0.25) is 0 Å². The zero-order valence-corrected chi connectivity index (χ0v) is 14.7. The van der Waals surface area contributed by atoms with Crippen molar-refractivity contribution in [3.05, 3.63) is 24.3 Å². The fourth-order valence-electron chi connectivity index (χ4n) is 2.03. The largest absolute Gasteiger partial charge is 0.240 e. The fraction of sp³-hybridized carbons (Fsp3) is 0.571. The van der Waals surface area contributed by atoms with Crippen LogP contribution in [0.2, 0.25) is 0 Å². The third-order valence-corrected chi connectivity index (χ3v) is 5.77. The lowest BCUT2D eigenvalue weighted by molar-refractivity contribution is 0.488. The van der Waals surface area contributed by atoms with Crippen LogP contribution in [0.4, 0.5) is 0 Å². The summed E-state index contributed by atoms with van der Waals surface area (Å²) in [5.74, 6) is 0.592. The van der Waals surface area contributed by atoms with Gasteiger partial charge in [0.05, 0.1) is 9.79 Å². The second-order valence-corrected chi connectivity index (χ2v) is 9.14. The Morgan fingerprint density at radius 2 is 1.45 bits per heavy atom. The summed E-state index contributed by atoms with van der Waals surface area (Å²) in [6.45, 7) is 6.07. The van der Waals surface area contributed by atoms with E-state index in [2.05, 4.69) is 18.6 Å². The Kier molecular flexibility index (Phi) is 6.54. The summed E-state index contributed by atoms with van der Waals surface area (Å²) in [6, 6.07) is 4.67. The van der Waals surface area contributed by atoms with Gasteiger partial charge < -0.3 is 0 Å². The summed E-state index contributed by atoms with van der Waals surface area (Å²) >= 11 is 0. The summed E-state index contributed by atoms with van der Waals surface area (Å²) in [5, 5.41) is 4.98.